The van der Waals surface area contributed by atoms with Crippen LogP contribution in [0.2, 0.25) is 0 Å². The molecule has 1 heterocycles. The summed E-state index contributed by atoms with van der Waals surface area (Å²) in [7, 11) is 0. The van der Waals surface area contributed by atoms with Gasteiger partial charge in [-0.2, -0.15) is 5.10 Å². The molecule has 0 radical (unpaired) electrons. The first-order chi connectivity index (χ1) is 5.25. The summed E-state index contributed by atoms with van der Waals surface area (Å²) >= 11 is 0. The number of aromatic amines is 1. The van der Waals surface area contributed by atoms with Crippen molar-refractivity contribution in [2.24, 2.45) is 5.92 Å². The van der Waals surface area contributed by atoms with Crippen molar-refractivity contribution < 1.29 is 5.11 Å². The van der Waals surface area contributed by atoms with E-state index in [1.807, 2.05) is 6.92 Å². The molecule has 3 nitrogen and oxygen atoms in total. The predicted octanol–water partition coefficient (Wildman–Crippen LogP) is 1.49. The van der Waals surface area contributed by atoms with Gasteiger partial charge in [0.2, 0.25) is 0 Å². The Kier molecular flexibility index (Phi) is 2.65. The molecule has 0 amide bonds. The minimum Gasteiger partial charge on any atom is -0.388 e. The Morgan fingerprint density at radius 1 is 1.73 bits per heavy atom. The van der Waals surface area contributed by atoms with Crippen molar-refractivity contribution in [3.05, 3.63) is 18.0 Å². The van der Waals surface area contributed by atoms with Crippen LogP contribution in [0.3, 0.4) is 0 Å². The van der Waals surface area contributed by atoms with Gasteiger partial charge in [-0.05, 0) is 5.92 Å². The van der Waals surface area contributed by atoms with Crippen LogP contribution in [0.1, 0.15) is 31.9 Å². The van der Waals surface area contributed by atoms with E-state index in [4.69, 9.17) is 0 Å². The molecule has 1 aromatic rings. The van der Waals surface area contributed by atoms with Crippen LogP contribution in [0.15, 0.2) is 12.4 Å². The molecular weight excluding hydrogens is 140 g/mol. The summed E-state index contributed by atoms with van der Waals surface area (Å²) in [5.41, 5.74) is 0.874. The lowest BCUT2D eigenvalue weighted by Gasteiger charge is -2.14. The number of H-pyrrole nitrogens is 1. The Labute approximate surface area is 66.4 Å². The van der Waals surface area contributed by atoms with Crippen molar-refractivity contribution in [1.29, 1.82) is 0 Å². The van der Waals surface area contributed by atoms with Crippen molar-refractivity contribution in [3.63, 3.8) is 0 Å². The number of hydrogen-bond acceptors (Lipinski definition) is 2. The van der Waals surface area contributed by atoms with Gasteiger partial charge in [-0.15, -0.1) is 0 Å². The monoisotopic (exact) mass is 154 g/mol. The van der Waals surface area contributed by atoms with Crippen molar-refractivity contribution >= 4 is 0 Å². The lowest BCUT2D eigenvalue weighted by molar-refractivity contribution is 0.115. The summed E-state index contributed by atoms with van der Waals surface area (Å²) in [5.74, 6) is 0.299. The summed E-state index contributed by atoms with van der Waals surface area (Å²) in [6.45, 7) is 4.09. The molecule has 0 aromatic carbocycles. The highest BCUT2D eigenvalue weighted by Gasteiger charge is 2.14. The third-order valence-corrected chi connectivity index (χ3v) is 2.04. The second-order valence-electron chi connectivity index (χ2n) is 2.86. The van der Waals surface area contributed by atoms with Crippen molar-refractivity contribution in [3.8, 4) is 0 Å². The lowest BCUT2D eigenvalue weighted by Crippen LogP contribution is -2.06. The molecule has 2 atom stereocenters. The van der Waals surface area contributed by atoms with Gasteiger partial charge in [-0.1, -0.05) is 20.3 Å². The van der Waals surface area contributed by atoms with Gasteiger partial charge in [0.1, 0.15) is 0 Å². The van der Waals surface area contributed by atoms with E-state index in [0.29, 0.717) is 5.92 Å². The van der Waals surface area contributed by atoms with E-state index < -0.39 is 0 Å². The van der Waals surface area contributed by atoms with E-state index in [1.165, 1.54) is 0 Å². The van der Waals surface area contributed by atoms with Crippen LogP contribution in [0.4, 0.5) is 0 Å². The van der Waals surface area contributed by atoms with Gasteiger partial charge in [-0.3, -0.25) is 5.10 Å². The average Bonchev–Trinajstić information content (AvgIpc) is 2.53. The maximum atomic E-state index is 9.62. The fourth-order valence-corrected chi connectivity index (χ4v) is 0.974. The topological polar surface area (TPSA) is 48.9 Å². The van der Waals surface area contributed by atoms with Crippen LogP contribution < -0.4 is 0 Å². The Morgan fingerprint density at radius 2 is 2.45 bits per heavy atom. The van der Waals surface area contributed by atoms with Gasteiger partial charge in [0.15, 0.2) is 0 Å². The summed E-state index contributed by atoms with van der Waals surface area (Å²) in [5, 5.41) is 16.1. The fourth-order valence-electron chi connectivity index (χ4n) is 0.974. The van der Waals surface area contributed by atoms with Gasteiger partial charge in [0.05, 0.1) is 12.3 Å². The minimum atomic E-state index is -0.376. The summed E-state index contributed by atoms with van der Waals surface area (Å²) in [6, 6.07) is 0. The zero-order valence-electron chi connectivity index (χ0n) is 6.91. The molecule has 0 aliphatic heterocycles. The third-order valence-electron chi connectivity index (χ3n) is 2.04. The minimum absolute atomic E-state index is 0.299. The first-order valence-electron chi connectivity index (χ1n) is 3.92. The summed E-state index contributed by atoms with van der Waals surface area (Å²) < 4.78 is 0. The Hall–Kier alpha value is -0.830. The highest BCUT2D eigenvalue weighted by molar-refractivity contribution is 5.07. The number of aromatic nitrogens is 2. The Morgan fingerprint density at radius 3 is 2.91 bits per heavy atom. The Bertz CT molecular complexity index is 196. The zero-order valence-corrected chi connectivity index (χ0v) is 6.91. The molecule has 11 heavy (non-hydrogen) atoms. The molecule has 1 aromatic heterocycles. The molecule has 0 aliphatic rings. The van der Waals surface area contributed by atoms with Crippen LogP contribution in [0.5, 0.6) is 0 Å². The van der Waals surface area contributed by atoms with E-state index in [1.54, 1.807) is 12.4 Å². The fraction of sp³-hybridized carbons (Fsp3) is 0.625. The van der Waals surface area contributed by atoms with Crippen molar-refractivity contribution in [1.82, 2.24) is 10.2 Å². The van der Waals surface area contributed by atoms with Gasteiger partial charge in [0, 0.05) is 11.8 Å². The number of aliphatic hydroxyl groups excluding tert-OH is 1. The summed E-state index contributed by atoms with van der Waals surface area (Å²) in [4.78, 5) is 0. The van der Waals surface area contributed by atoms with E-state index >= 15 is 0 Å². The molecule has 2 N–H and O–H groups in total. The van der Waals surface area contributed by atoms with Crippen LogP contribution >= 0.6 is 0 Å². The predicted molar refractivity (Wildman–Crippen MR) is 43.0 cm³/mol. The second-order valence-corrected chi connectivity index (χ2v) is 2.86. The maximum Gasteiger partial charge on any atom is 0.0845 e. The van der Waals surface area contributed by atoms with Crippen LogP contribution in [0.25, 0.3) is 0 Å². The number of rotatable bonds is 3. The summed E-state index contributed by atoms with van der Waals surface area (Å²) in [6.07, 6.45) is 4.00. The molecule has 3 heteroatoms. The third kappa shape index (κ3) is 1.80. The maximum absolute atomic E-state index is 9.62. The number of nitrogens with one attached hydrogen (secondary N) is 1. The van der Waals surface area contributed by atoms with Gasteiger partial charge in [-0.25, -0.2) is 0 Å². The van der Waals surface area contributed by atoms with Gasteiger partial charge < -0.3 is 5.11 Å². The largest absolute Gasteiger partial charge is 0.388 e. The number of aliphatic hydroxyl groups is 1. The molecule has 0 fully saturated rings. The Balaban J connectivity index is 2.62. The molecule has 0 saturated carbocycles. The van der Waals surface area contributed by atoms with E-state index in [2.05, 4.69) is 17.1 Å². The highest BCUT2D eigenvalue weighted by Crippen LogP contribution is 2.22. The molecule has 0 aliphatic carbocycles. The molecule has 0 bridgehead atoms. The van der Waals surface area contributed by atoms with E-state index in [-0.39, 0.29) is 6.10 Å². The first kappa shape index (κ1) is 8.27. The molecule has 1 rings (SSSR count). The second kappa shape index (κ2) is 3.53. The normalized spacial score (nSPS) is 16.3. The SMILES string of the molecule is CCC(C)C(O)c1cn[nH]c1. The smallest absolute Gasteiger partial charge is 0.0845 e. The molecule has 0 spiro atoms. The number of hydrogen-bond donors (Lipinski definition) is 2. The van der Waals surface area contributed by atoms with Gasteiger partial charge in [0.25, 0.3) is 0 Å². The first-order valence-corrected chi connectivity index (χ1v) is 3.92. The van der Waals surface area contributed by atoms with E-state index in [0.717, 1.165) is 12.0 Å². The molecule has 2 unspecified atom stereocenters. The highest BCUT2D eigenvalue weighted by atomic mass is 16.3. The number of nitrogens with zero attached hydrogens (tertiary/aromatic N) is 1. The van der Waals surface area contributed by atoms with Crippen molar-refractivity contribution in [2.45, 2.75) is 26.4 Å². The molecule has 62 valence electrons. The quantitative estimate of drug-likeness (QED) is 0.693. The van der Waals surface area contributed by atoms with Gasteiger partial charge >= 0.3 is 0 Å². The van der Waals surface area contributed by atoms with Crippen molar-refractivity contribution in [2.75, 3.05) is 0 Å². The standard InChI is InChI=1S/C8H14N2O/c1-3-6(2)8(11)7-4-9-10-5-7/h4-6,8,11H,3H2,1-2H3,(H,9,10). The molecule has 0 saturated heterocycles. The van der Waals surface area contributed by atoms with Crippen LogP contribution in [-0.4, -0.2) is 15.3 Å². The van der Waals surface area contributed by atoms with Crippen LogP contribution in [-0.2, 0) is 0 Å². The zero-order chi connectivity index (χ0) is 8.27. The molecular formula is C8H14N2O. The van der Waals surface area contributed by atoms with Crippen LogP contribution in [0, 0.1) is 5.92 Å². The average molecular weight is 154 g/mol. The lowest BCUT2D eigenvalue weighted by atomic mass is 9.98. The van der Waals surface area contributed by atoms with E-state index in [9.17, 15) is 5.11 Å².